The van der Waals surface area contributed by atoms with E-state index >= 15 is 0 Å². The molecule has 0 saturated heterocycles. The van der Waals surface area contributed by atoms with Crippen LogP contribution in [0.4, 0.5) is 0 Å². The number of hydrogen-bond donors (Lipinski definition) is 1. The van der Waals surface area contributed by atoms with E-state index in [1.165, 1.54) is 5.56 Å². The largest absolute Gasteiger partial charge is 0.454 e. The highest BCUT2D eigenvalue weighted by atomic mass is 16.7. The molecule has 4 heteroatoms. The summed E-state index contributed by atoms with van der Waals surface area (Å²) < 4.78 is 10.9. The first-order valence-electron chi connectivity index (χ1n) is 7.43. The standard InChI is InChI=1S/C16H26N2O2/c1-12(2)18(13(3)4)9-8-17-10-14-6-5-7-15-16(14)20-11-19-15/h5-7,12-13,17H,8-11H2,1-4H3. The van der Waals surface area contributed by atoms with Gasteiger partial charge in [-0.3, -0.25) is 4.90 Å². The summed E-state index contributed by atoms with van der Waals surface area (Å²) in [6, 6.07) is 7.21. The van der Waals surface area contributed by atoms with Crippen molar-refractivity contribution in [3.8, 4) is 11.5 Å². The zero-order chi connectivity index (χ0) is 14.5. The van der Waals surface area contributed by atoms with Crippen molar-refractivity contribution in [2.45, 2.75) is 46.3 Å². The van der Waals surface area contributed by atoms with Crippen LogP contribution in [-0.4, -0.2) is 36.9 Å². The van der Waals surface area contributed by atoms with Crippen LogP contribution < -0.4 is 14.8 Å². The zero-order valence-corrected chi connectivity index (χ0v) is 13.0. The van der Waals surface area contributed by atoms with Gasteiger partial charge in [-0.2, -0.15) is 0 Å². The van der Waals surface area contributed by atoms with Crippen molar-refractivity contribution in [2.75, 3.05) is 19.9 Å². The Morgan fingerprint density at radius 3 is 2.60 bits per heavy atom. The molecule has 0 aliphatic carbocycles. The fourth-order valence-corrected chi connectivity index (χ4v) is 2.67. The second-order valence-electron chi connectivity index (χ2n) is 5.75. The summed E-state index contributed by atoms with van der Waals surface area (Å²) in [7, 11) is 0. The van der Waals surface area contributed by atoms with E-state index in [4.69, 9.17) is 9.47 Å². The Morgan fingerprint density at radius 2 is 1.90 bits per heavy atom. The first-order chi connectivity index (χ1) is 9.59. The van der Waals surface area contributed by atoms with Crippen molar-refractivity contribution in [2.24, 2.45) is 0 Å². The average Bonchev–Trinajstić information content (AvgIpc) is 2.86. The molecular formula is C16H26N2O2. The summed E-state index contributed by atoms with van der Waals surface area (Å²) in [4.78, 5) is 2.49. The number of hydrogen-bond acceptors (Lipinski definition) is 4. The minimum Gasteiger partial charge on any atom is -0.454 e. The molecule has 0 bridgehead atoms. The molecule has 1 N–H and O–H groups in total. The summed E-state index contributed by atoms with van der Waals surface area (Å²) in [5.74, 6) is 1.75. The lowest BCUT2D eigenvalue weighted by Gasteiger charge is -2.30. The first-order valence-corrected chi connectivity index (χ1v) is 7.43. The molecule has 1 heterocycles. The molecule has 1 aliphatic heterocycles. The Kier molecular flexibility index (Phi) is 5.26. The Bertz CT molecular complexity index is 424. The summed E-state index contributed by atoms with van der Waals surface area (Å²) in [5, 5.41) is 3.49. The molecule has 0 fully saturated rings. The zero-order valence-electron chi connectivity index (χ0n) is 13.0. The highest BCUT2D eigenvalue weighted by molar-refractivity contribution is 5.48. The fraction of sp³-hybridized carbons (Fsp3) is 0.625. The molecule has 1 aromatic carbocycles. The van der Waals surface area contributed by atoms with Crippen LogP contribution >= 0.6 is 0 Å². The highest BCUT2D eigenvalue weighted by Gasteiger charge is 2.17. The molecule has 4 nitrogen and oxygen atoms in total. The SMILES string of the molecule is CC(C)N(CCNCc1cccc2c1OCO2)C(C)C. The number of para-hydroxylation sites is 1. The molecule has 0 aromatic heterocycles. The Labute approximate surface area is 122 Å². The minimum atomic E-state index is 0.334. The normalized spacial score (nSPS) is 13.8. The molecule has 0 atom stereocenters. The second-order valence-corrected chi connectivity index (χ2v) is 5.75. The van der Waals surface area contributed by atoms with Gasteiger partial charge in [0.15, 0.2) is 11.5 Å². The van der Waals surface area contributed by atoms with Gasteiger partial charge in [-0.1, -0.05) is 12.1 Å². The van der Waals surface area contributed by atoms with Gasteiger partial charge >= 0.3 is 0 Å². The number of nitrogens with one attached hydrogen (secondary N) is 1. The van der Waals surface area contributed by atoms with E-state index < -0.39 is 0 Å². The van der Waals surface area contributed by atoms with Crippen molar-refractivity contribution in [3.63, 3.8) is 0 Å². The van der Waals surface area contributed by atoms with Crippen molar-refractivity contribution >= 4 is 0 Å². The Balaban J connectivity index is 1.81. The van der Waals surface area contributed by atoms with Gasteiger partial charge < -0.3 is 14.8 Å². The van der Waals surface area contributed by atoms with Crippen LogP contribution in [0.25, 0.3) is 0 Å². The molecule has 20 heavy (non-hydrogen) atoms. The van der Waals surface area contributed by atoms with E-state index in [-0.39, 0.29) is 0 Å². The molecule has 0 amide bonds. The lowest BCUT2D eigenvalue weighted by atomic mass is 10.2. The number of ether oxygens (including phenoxy) is 2. The maximum absolute atomic E-state index is 5.51. The summed E-state index contributed by atoms with van der Waals surface area (Å²) in [5.41, 5.74) is 1.17. The number of nitrogens with zero attached hydrogens (tertiary/aromatic N) is 1. The van der Waals surface area contributed by atoms with Crippen molar-refractivity contribution in [1.29, 1.82) is 0 Å². The third-order valence-electron chi connectivity index (χ3n) is 3.67. The van der Waals surface area contributed by atoms with E-state index in [0.29, 0.717) is 18.9 Å². The number of fused-ring (bicyclic) bond motifs is 1. The lowest BCUT2D eigenvalue weighted by molar-refractivity contribution is 0.172. The van der Waals surface area contributed by atoms with Gasteiger partial charge in [0, 0.05) is 37.3 Å². The van der Waals surface area contributed by atoms with Gasteiger partial charge in [-0.05, 0) is 33.8 Å². The predicted molar refractivity (Wildman–Crippen MR) is 81.2 cm³/mol. The van der Waals surface area contributed by atoms with Crippen LogP contribution in [0.5, 0.6) is 11.5 Å². The number of rotatable bonds is 7. The Hall–Kier alpha value is -1.26. The predicted octanol–water partition coefficient (Wildman–Crippen LogP) is 2.62. The molecule has 1 aromatic rings. The molecule has 0 unspecified atom stereocenters. The second kappa shape index (κ2) is 6.95. The number of benzene rings is 1. The van der Waals surface area contributed by atoms with Crippen molar-refractivity contribution in [3.05, 3.63) is 23.8 Å². The smallest absolute Gasteiger partial charge is 0.231 e. The Morgan fingerprint density at radius 1 is 1.15 bits per heavy atom. The van der Waals surface area contributed by atoms with Gasteiger partial charge in [-0.15, -0.1) is 0 Å². The van der Waals surface area contributed by atoms with Gasteiger partial charge in [0.1, 0.15) is 0 Å². The molecule has 0 spiro atoms. The first kappa shape index (κ1) is 15.1. The van der Waals surface area contributed by atoms with Crippen LogP contribution in [0, 0.1) is 0 Å². The third kappa shape index (κ3) is 3.64. The quantitative estimate of drug-likeness (QED) is 0.777. The lowest BCUT2D eigenvalue weighted by Crippen LogP contribution is -2.41. The summed E-state index contributed by atoms with van der Waals surface area (Å²) in [6.07, 6.45) is 0. The van der Waals surface area contributed by atoms with Crippen molar-refractivity contribution < 1.29 is 9.47 Å². The molecule has 1 aliphatic rings. The van der Waals surface area contributed by atoms with Crippen LogP contribution in [0.3, 0.4) is 0 Å². The van der Waals surface area contributed by atoms with Gasteiger partial charge in [0.05, 0.1) is 0 Å². The topological polar surface area (TPSA) is 33.7 Å². The van der Waals surface area contributed by atoms with E-state index in [0.717, 1.165) is 31.1 Å². The summed E-state index contributed by atoms with van der Waals surface area (Å²) >= 11 is 0. The van der Waals surface area contributed by atoms with E-state index in [9.17, 15) is 0 Å². The molecule has 112 valence electrons. The van der Waals surface area contributed by atoms with Gasteiger partial charge in [0.2, 0.25) is 6.79 Å². The third-order valence-corrected chi connectivity index (χ3v) is 3.67. The maximum atomic E-state index is 5.51. The van der Waals surface area contributed by atoms with E-state index in [2.05, 4.69) is 44.0 Å². The minimum absolute atomic E-state index is 0.334. The fourth-order valence-electron chi connectivity index (χ4n) is 2.67. The highest BCUT2D eigenvalue weighted by Crippen LogP contribution is 2.35. The van der Waals surface area contributed by atoms with Crippen LogP contribution in [0.2, 0.25) is 0 Å². The van der Waals surface area contributed by atoms with Crippen LogP contribution in [-0.2, 0) is 6.54 Å². The van der Waals surface area contributed by atoms with Crippen LogP contribution in [0.1, 0.15) is 33.3 Å². The summed E-state index contributed by atoms with van der Waals surface area (Å²) in [6.45, 7) is 12.2. The molecular weight excluding hydrogens is 252 g/mol. The van der Waals surface area contributed by atoms with Gasteiger partial charge in [-0.25, -0.2) is 0 Å². The van der Waals surface area contributed by atoms with Crippen LogP contribution in [0.15, 0.2) is 18.2 Å². The molecule has 2 rings (SSSR count). The van der Waals surface area contributed by atoms with E-state index in [1.54, 1.807) is 0 Å². The van der Waals surface area contributed by atoms with E-state index in [1.807, 2.05) is 12.1 Å². The molecule has 0 saturated carbocycles. The van der Waals surface area contributed by atoms with Gasteiger partial charge in [0.25, 0.3) is 0 Å². The monoisotopic (exact) mass is 278 g/mol. The maximum Gasteiger partial charge on any atom is 0.231 e. The van der Waals surface area contributed by atoms with Crippen molar-refractivity contribution in [1.82, 2.24) is 10.2 Å². The average molecular weight is 278 g/mol. The molecule has 0 radical (unpaired) electrons.